The van der Waals surface area contributed by atoms with Crippen molar-refractivity contribution in [3.63, 3.8) is 0 Å². The lowest BCUT2D eigenvalue weighted by Gasteiger charge is -2.31. The van der Waals surface area contributed by atoms with Crippen molar-refractivity contribution >= 4 is 5.91 Å². The normalized spacial score (nSPS) is 25.4. The van der Waals surface area contributed by atoms with Crippen LogP contribution < -0.4 is 5.32 Å². The second-order valence-electron chi connectivity index (χ2n) is 7.81. The Labute approximate surface area is 154 Å². The number of aromatic amines is 1. The molecule has 138 valence electrons. The van der Waals surface area contributed by atoms with E-state index in [9.17, 15) is 4.79 Å². The second kappa shape index (κ2) is 6.85. The Hall–Kier alpha value is -2.18. The molecule has 2 N–H and O–H groups in total. The highest BCUT2D eigenvalue weighted by Gasteiger charge is 2.55. The van der Waals surface area contributed by atoms with Crippen LogP contribution in [-0.4, -0.2) is 58.9 Å². The van der Waals surface area contributed by atoms with Crippen LogP contribution in [0, 0.1) is 18.3 Å². The van der Waals surface area contributed by atoms with E-state index in [-0.39, 0.29) is 11.3 Å². The molecule has 26 heavy (non-hydrogen) atoms. The summed E-state index contributed by atoms with van der Waals surface area (Å²) in [6.07, 6.45) is 1.81. The average Bonchev–Trinajstić information content (AvgIpc) is 3.29. The van der Waals surface area contributed by atoms with Gasteiger partial charge >= 0.3 is 0 Å². The molecule has 2 aliphatic rings. The van der Waals surface area contributed by atoms with Crippen LogP contribution in [0.3, 0.4) is 0 Å². The van der Waals surface area contributed by atoms with E-state index >= 15 is 0 Å². The minimum atomic E-state index is -0.314. The lowest BCUT2D eigenvalue weighted by molar-refractivity contribution is -0.141. The van der Waals surface area contributed by atoms with Gasteiger partial charge in [-0.1, -0.05) is 30.3 Å². The van der Waals surface area contributed by atoms with Crippen LogP contribution in [0.2, 0.25) is 0 Å². The minimum Gasteiger partial charge on any atom is -0.345 e. The highest BCUT2D eigenvalue weighted by atomic mass is 16.2. The molecule has 3 heterocycles. The quantitative estimate of drug-likeness (QED) is 0.853. The third kappa shape index (κ3) is 3.15. The number of H-pyrrole nitrogens is 1. The molecule has 1 aromatic heterocycles. The van der Waals surface area contributed by atoms with Gasteiger partial charge in [0.15, 0.2) is 0 Å². The maximum atomic E-state index is 13.4. The van der Waals surface area contributed by atoms with Crippen molar-refractivity contribution in [3.8, 4) is 0 Å². The van der Waals surface area contributed by atoms with Crippen LogP contribution in [0.5, 0.6) is 0 Å². The molecule has 6 nitrogen and oxygen atoms in total. The molecule has 6 heteroatoms. The largest absolute Gasteiger partial charge is 0.345 e. The van der Waals surface area contributed by atoms with Gasteiger partial charge in [0.05, 0.1) is 12.0 Å². The fourth-order valence-electron chi connectivity index (χ4n) is 4.51. The number of benzene rings is 1. The number of hydrogen-bond donors (Lipinski definition) is 2. The zero-order valence-electron chi connectivity index (χ0n) is 15.5. The van der Waals surface area contributed by atoms with Crippen molar-refractivity contribution in [1.29, 1.82) is 0 Å². The number of aromatic nitrogens is 2. The number of hydrogen-bond acceptors (Lipinski definition) is 4. The van der Waals surface area contributed by atoms with Gasteiger partial charge in [0.1, 0.15) is 5.82 Å². The maximum Gasteiger partial charge on any atom is 0.231 e. The van der Waals surface area contributed by atoms with Crippen LogP contribution >= 0.6 is 0 Å². The molecule has 2 saturated heterocycles. The number of carbonyl (C=O) groups is 1. The van der Waals surface area contributed by atoms with Gasteiger partial charge in [-0.25, -0.2) is 4.98 Å². The summed E-state index contributed by atoms with van der Waals surface area (Å²) in [5, 5.41) is 3.46. The zero-order chi connectivity index (χ0) is 18.1. The molecule has 2 aromatic rings. The van der Waals surface area contributed by atoms with Crippen molar-refractivity contribution < 1.29 is 4.79 Å². The Kier molecular flexibility index (Phi) is 4.54. The molecule has 2 aliphatic heterocycles. The van der Waals surface area contributed by atoms with Crippen LogP contribution in [0.25, 0.3) is 0 Å². The standard InChI is InChI=1S/C20H27N5O/c1-15-8-22-18(23-15)12-24(2)19(26)20-13-21-9-17(20)11-25(14-20)10-16-6-4-3-5-7-16/h3-8,17,21H,9-14H2,1-2H3,(H,22,23)/t17-,20-/m1/s1. The van der Waals surface area contributed by atoms with E-state index in [0.717, 1.165) is 44.2 Å². The van der Waals surface area contributed by atoms with Crippen LogP contribution in [0.4, 0.5) is 0 Å². The number of fused-ring (bicyclic) bond motifs is 1. The summed E-state index contributed by atoms with van der Waals surface area (Å²) in [5.74, 6) is 1.45. The summed E-state index contributed by atoms with van der Waals surface area (Å²) in [4.78, 5) is 25.2. The first-order valence-corrected chi connectivity index (χ1v) is 9.30. The van der Waals surface area contributed by atoms with Gasteiger partial charge in [-0.15, -0.1) is 0 Å². The smallest absolute Gasteiger partial charge is 0.231 e. The van der Waals surface area contributed by atoms with E-state index in [1.165, 1.54) is 5.56 Å². The Morgan fingerprint density at radius 1 is 1.38 bits per heavy atom. The van der Waals surface area contributed by atoms with Gasteiger partial charge in [0, 0.05) is 57.6 Å². The lowest BCUT2D eigenvalue weighted by Crippen LogP contribution is -2.47. The first kappa shape index (κ1) is 17.2. The fraction of sp³-hybridized carbons (Fsp3) is 0.500. The Balaban J connectivity index is 1.47. The number of nitrogens with zero attached hydrogens (tertiary/aromatic N) is 3. The predicted molar refractivity (Wildman–Crippen MR) is 100 cm³/mol. The number of nitrogens with one attached hydrogen (secondary N) is 2. The monoisotopic (exact) mass is 353 g/mol. The van der Waals surface area contributed by atoms with E-state index in [0.29, 0.717) is 12.5 Å². The molecule has 0 radical (unpaired) electrons. The summed E-state index contributed by atoms with van der Waals surface area (Å²) in [6.45, 7) is 6.90. The fourth-order valence-corrected chi connectivity index (χ4v) is 4.51. The van der Waals surface area contributed by atoms with Crippen LogP contribution in [-0.2, 0) is 17.9 Å². The molecule has 0 spiro atoms. The van der Waals surface area contributed by atoms with Crippen LogP contribution in [0.15, 0.2) is 36.5 Å². The van der Waals surface area contributed by atoms with Crippen molar-refractivity contribution in [1.82, 2.24) is 25.1 Å². The van der Waals surface area contributed by atoms with Gasteiger partial charge in [0.25, 0.3) is 0 Å². The first-order chi connectivity index (χ1) is 12.6. The number of carbonyl (C=O) groups excluding carboxylic acids is 1. The second-order valence-corrected chi connectivity index (χ2v) is 7.81. The molecule has 0 bridgehead atoms. The van der Waals surface area contributed by atoms with E-state index in [4.69, 9.17) is 0 Å². The van der Waals surface area contributed by atoms with Crippen LogP contribution in [0.1, 0.15) is 17.1 Å². The van der Waals surface area contributed by atoms with Gasteiger partial charge < -0.3 is 15.2 Å². The van der Waals surface area contributed by atoms with E-state index in [1.54, 1.807) is 0 Å². The Morgan fingerprint density at radius 3 is 2.92 bits per heavy atom. The molecule has 2 atom stereocenters. The number of likely N-dealkylation sites (tertiary alicyclic amines) is 1. The summed E-state index contributed by atoms with van der Waals surface area (Å²) >= 11 is 0. The van der Waals surface area contributed by atoms with Crippen molar-refractivity contribution in [3.05, 3.63) is 53.6 Å². The molecule has 2 fully saturated rings. The van der Waals surface area contributed by atoms with E-state index in [2.05, 4.69) is 44.5 Å². The summed E-state index contributed by atoms with van der Waals surface area (Å²) < 4.78 is 0. The molecule has 0 unspecified atom stereocenters. The summed E-state index contributed by atoms with van der Waals surface area (Å²) in [7, 11) is 1.89. The molecule has 0 saturated carbocycles. The number of amides is 1. The average molecular weight is 353 g/mol. The topological polar surface area (TPSA) is 64.3 Å². The minimum absolute atomic E-state index is 0.233. The first-order valence-electron chi connectivity index (χ1n) is 9.30. The molecule has 1 aromatic carbocycles. The SMILES string of the molecule is Cc1cnc(CN(C)C(=O)[C@@]23CNC[C@@H]2CN(Cc2ccccc2)C3)[nH]1. The highest BCUT2D eigenvalue weighted by molar-refractivity contribution is 5.84. The molecule has 1 amide bonds. The van der Waals surface area contributed by atoms with Gasteiger partial charge in [-0.2, -0.15) is 0 Å². The Morgan fingerprint density at radius 2 is 2.19 bits per heavy atom. The summed E-state index contributed by atoms with van der Waals surface area (Å²) in [6, 6.07) is 10.5. The van der Waals surface area contributed by atoms with Crippen molar-refractivity contribution in [2.24, 2.45) is 11.3 Å². The van der Waals surface area contributed by atoms with Gasteiger partial charge in [-0.3, -0.25) is 9.69 Å². The molecule has 4 rings (SSSR count). The predicted octanol–water partition coefficient (Wildman–Crippen LogP) is 1.40. The van der Waals surface area contributed by atoms with Gasteiger partial charge in [0.2, 0.25) is 5.91 Å². The lowest BCUT2D eigenvalue weighted by atomic mass is 9.79. The Bertz CT molecular complexity index is 774. The molecular formula is C20H27N5O. The number of aryl methyl sites for hydroxylation is 1. The third-order valence-corrected chi connectivity index (χ3v) is 5.76. The number of imidazole rings is 1. The number of rotatable bonds is 5. The zero-order valence-corrected chi connectivity index (χ0v) is 15.5. The molecular weight excluding hydrogens is 326 g/mol. The maximum absolute atomic E-state index is 13.4. The van der Waals surface area contributed by atoms with Crippen molar-refractivity contribution in [2.75, 3.05) is 33.2 Å². The highest BCUT2D eigenvalue weighted by Crippen LogP contribution is 2.41. The molecule has 0 aliphatic carbocycles. The third-order valence-electron chi connectivity index (χ3n) is 5.76. The van der Waals surface area contributed by atoms with E-state index < -0.39 is 0 Å². The van der Waals surface area contributed by atoms with Gasteiger partial charge in [-0.05, 0) is 12.5 Å². The summed E-state index contributed by atoms with van der Waals surface area (Å²) in [5.41, 5.74) is 2.02. The van der Waals surface area contributed by atoms with E-state index in [1.807, 2.05) is 31.1 Å². The van der Waals surface area contributed by atoms with Crippen molar-refractivity contribution in [2.45, 2.75) is 20.0 Å².